The van der Waals surface area contributed by atoms with Gasteiger partial charge in [0.25, 0.3) is 0 Å². The van der Waals surface area contributed by atoms with Crippen LogP contribution >= 0.6 is 0 Å². The zero-order valence-electron chi connectivity index (χ0n) is 8.12. The van der Waals surface area contributed by atoms with Crippen molar-refractivity contribution in [2.45, 2.75) is 19.3 Å². The summed E-state index contributed by atoms with van der Waals surface area (Å²) in [7, 11) is 2.05. The fourth-order valence-corrected chi connectivity index (χ4v) is 2.22. The first kappa shape index (κ1) is 9.16. The van der Waals surface area contributed by atoms with Crippen molar-refractivity contribution in [2.24, 2.45) is 11.3 Å². The van der Waals surface area contributed by atoms with Crippen LogP contribution in [0.15, 0.2) is 0 Å². The van der Waals surface area contributed by atoms with Crippen LogP contribution in [0, 0.1) is 11.3 Å². The number of Topliss-reactive ketones (excluding diaryl/α,β-unsaturated/α-hetero) is 1. The lowest BCUT2D eigenvalue weighted by atomic mass is 9.90. The quantitative estimate of drug-likeness (QED) is 0.683. The molecule has 1 aliphatic heterocycles. The molecule has 0 amide bonds. The van der Waals surface area contributed by atoms with Crippen molar-refractivity contribution in [2.75, 3.05) is 26.7 Å². The van der Waals surface area contributed by atoms with Crippen molar-refractivity contribution in [3.63, 3.8) is 0 Å². The lowest BCUT2D eigenvalue weighted by Crippen LogP contribution is -2.29. The molecule has 3 heteroatoms. The van der Waals surface area contributed by atoms with Gasteiger partial charge < -0.3 is 10.0 Å². The second-order valence-electron chi connectivity index (χ2n) is 4.55. The van der Waals surface area contributed by atoms with E-state index < -0.39 is 0 Å². The van der Waals surface area contributed by atoms with E-state index in [-0.39, 0.29) is 17.9 Å². The molecule has 1 aliphatic carbocycles. The van der Waals surface area contributed by atoms with Crippen molar-refractivity contribution in [1.82, 2.24) is 4.90 Å². The van der Waals surface area contributed by atoms with E-state index in [1.54, 1.807) is 0 Å². The number of hydrogen-bond donors (Lipinski definition) is 1. The molecule has 1 N–H and O–H groups in total. The van der Waals surface area contributed by atoms with Gasteiger partial charge in [0.05, 0.1) is 12.0 Å². The fraction of sp³-hybridized carbons (Fsp3) is 0.900. The summed E-state index contributed by atoms with van der Waals surface area (Å²) in [4.78, 5) is 14.1. The molecular formula is C10H17NO2. The Labute approximate surface area is 78.7 Å². The predicted octanol–water partition coefficient (Wildman–Crippen LogP) is 0.280. The number of aliphatic hydroxyl groups excluding tert-OH is 1. The van der Waals surface area contributed by atoms with Crippen molar-refractivity contribution in [1.29, 1.82) is 0 Å². The minimum Gasteiger partial charge on any atom is -0.395 e. The maximum Gasteiger partial charge on any atom is 0.145 e. The number of ketones is 1. The molecule has 1 heterocycles. The van der Waals surface area contributed by atoms with Crippen LogP contribution in [0.3, 0.4) is 0 Å². The lowest BCUT2D eigenvalue weighted by Gasteiger charge is -2.15. The normalized spacial score (nSPS) is 32.0. The Balaban J connectivity index is 1.98. The summed E-state index contributed by atoms with van der Waals surface area (Å²) in [5.74, 6) is 0.513. The van der Waals surface area contributed by atoms with E-state index in [0.29, 0.717) is 5.78 Å². The molecule has 1 unspecified atom stereocenters. The summed E-state index contributed by atoms with van der Waals surface area (Å²) in [5.41, 5.74) is -0.310. The molecule has 1 saturated heterocycles. The molecule has 0 spiro atoms. The third-order valence-electron chi connectivity index (χ3n) is 3.44. The Hall–Kier alpha value is -0.410. The van der Waals surface area contributed by atoms with Gasteiger partial charge in [-0.25, -0.2) is 0 Å². The summed E-state index contributed by atoms with van der Waals surface area (Å²) in [6, 6.07) is 0. The predicted molar refractivity (Wildman–Crippen MR) is 49.4 cm³/mol. The third-order valence-corrected chi connectivity index (χ3v) is 3.44. The van der Waals surface area contributed by atoms with Crippen molar-refractivity contribution in [3.05, 3.63) is 0 Å². The average Bonchev–Trinajstić information content (AvgIpc) is 2.82. The summed E-state index contributed by atoms with van der Waals surface area (Å²) in [5, 5.41) is 9.12. The molecule has 1 atom stereocenters. The van der Waals surface area contributed by atoms with Gasteiger partial charge in [0.1, 0.15) is 5.78 Å². The summed E-state index contributed by atoms with van der Waals surface area (Å²) < 4.78 is 0. The van der Waals surface area contributed by atoms with E-state index in [4.69, 9.17) is 5.11 Å². The van der Waals surface area contributed by atoms with Gasteiger partial charge in [-0.05, 0) is 32.9 Å². The van der Waals surface area contributed by atoms with Gasteiger partial charge in [0, 0.05) is 12.5 Å². The molecular weight excluding hydrogens is 166 g/mol. The molecule has 13 heavy (non-hydrogen) atoms. The van der Waals surface area contributed by atoms with Crippen molar-refractivity contribution < 1.29 is 9.90 Å². The van der Waals surface area contributed by atoms with E-state index in [0.717, 1.165) is 32.4 Å². The van der Waals surface area contributed by atoms with Crippen LogP contribution in [-0.2, 0) is 4.79 Å². The van der Waals surface area contributed by atoms with Crippen LogP contribution < -0.4 is 0 Å². The fourth-order valence-electron chi connectivity index (χ4n) is 2.22. The van der Waals surface area contributed by atoms with Gasteiger partial charge in [-0.3, -0.25) is 4.79 Å². The molecule has 0 aromatic carbocycles. The summed E-state index contributed by atoms with van der Waals surface area (Å²) >= 11 is 0. The molecule has 3 nitrogen and oxygen atoms in total. The highest BCUT2D eigenvalue weighted by molar-refractivity contribution is 5.90. The first-order valence-corrected chi connectivity index (χ1v) is 5.02. The molecule has 0 radical (unpaired) electrons. The van der Waals surface area contributed by atoms with Gasteiger partial charge in [-0.1, -0.05) is 0 Å². The Morgan fingerprint density at radius 3 is 2.69 bits per heavy atom. The largest absolute Gasteiger partial charge is 0.395 e. The molecule has 1 saturated carbocycles. The lowest BCUT2D eigenvalue weighted by molar-refractivity contribution is -0.129. The first-order valence-electron chi connectivity index (χ1n) is 5.02. The maximum absolute atomic E-state index is 11.9. The highest BCUT2D eigenvalue weighted by Crippen LogP contribution is 2.48. The van der Waals surface area contributed by atoms with Crippen molar-refractivity contribution >= 4 is 5.78 Å². The molecule has 2 rings (SSSR count). The first-order chi connectivity index (χ1) is 6.18. The number of likely N-dealkylation sites (tertiary alicyclic amines) is 1. The van der Waals surface area contributed by atoms with E-state index in [2.05, 4.69) is 4.90 Å². The Bertz CT molecular complexity index is 223. The van der Waals surface area contributed by atoms with Crippen molar-refractivity contribution in [3.8, 4) is 0 Å². The molecule has 2 fully saturated rings. The van der Waals surface area contributed by atoms with Crippen LogP contribution in [0.4, 0.5) is 0 Å². The second kappa shape index (κ2) is 3.07. The van der Waals surface area contributed by atoms with Crippen LogP contribution in [0.2, 0.25) is 0 Å². The smallest absolute Gasteiger partial charge is 0.145 e. The topological polar surface area (TPSA) is 40.5 Å². The summed E-state index contributed by atoms with van der Waals surface area (Å²) in [6.45, 7) is 1.98. The second-order valence-corrected chi connectivity index (χ2v) is 4.55. The zero-order valence-corrected chi connectivity index (χ0v) is 8.12. The minimum atomic E-state index is -0.310. The zero-order chi connectivity index (χ0) is 9.47. The maximum atomic E-state index is 11.9. The molecule has 2 aliphatic rings. The van der Waals surface area contributed by atoms with Crippen LogP contribution in [0.25, 0.3) is 0 Å². The Morgan fingerprint density at radius 1 is 1.62 bits per heavy atom. The Kier molecular flexibility index (Phi) is 2.16. The minimum absolute atomic E-state index is 0.0616. The number of rotatable bonds is 3. The molecule has 0 aromatic heterocycles. The third kappa shape index (κ3) is 1.51. The Morgan fingerprint density at radius 2 is 2.31 bits per heavy atom. The SMILES string of the molecule is CN1CCC(C(=O)C2(CO)CC2)C1. The number of nitrogens with zero attached hydrogens (tertiary/aromatic N) is 1. The monoisotopic (exact) mass is 183 g/mol. The standard InChI is InChI=1S/C10H17NO2/c1-11-5-2-8(6-11)9(13)10(7-12)3-4-10/h8,12H,2-7H2,1H3. The van der Waals surface area contributed by atoms with E-state index in [1.165, 1.54) is 0 Å². The van der Waals surface area contributed by atoms with Crippen LogP contribution in [0.1, 0.15) is 19.3 Å². The van der Waals surface area contributed by atoms with Crippen LogP contribution in [0.5, 0.6) is 0 Å². The average molecular weight is 183 g/mol. The molecule has 0 aromatic rings. The number of carbonyl (C=O) groups excluding carboxylic acids is 1. The van der Waals surface area contributed by atoms with Gasteiger partial charge in [-0.15, -0.1) is 0 Å². The van der Waals surface area contributed by atoms with Gasteiger partial charge in [0.2, 0.25) is 0 Å². The van der Waals surface area contributed by atoms with E-state index in [9.17, 15) is 4.79 Å². The number of hydrogen-bond acceptors (Lipinski definition) is 3. The van der Waals surface area contributed by atoms with Gasteiger partial charge >= 0.3 is 0 Å². The molecule has 74 valence electrons. The highest BCUT2D eigenvalue weighted by atomic mass is 16.3. The van der Waals surface area contributed by atoms with Gasteiger partial charge in [-0.2, -0.15) is 0 Å². The molecule has 0 bridgehead atoms. The van der Waals surface area contributed by atoms with Gasteiger partial charge in [0.15, 0.2) is 0 Å². The van der Waals surface area contributed by atoms with Crippen LogP contribution in [-0.4, -0.2) is 42.5 Å². The van der Waals surface area contributed by atoms with E-state index >= 15 is 0 Å². The number of aliphatic hydroxyl groups is 1. The highest BCUT2D eigenvalue weighted by Gasteiger charge is 2.51. The summed E-state index contributed by atoms with van der Waals surface area (Å²) in [6.07, 6.45) is 2.79. The van der Waals surface area contributed by atoms with E-state index in [1.807, 2.05) is 7.05 Å². The number of carbonyl (C=O) groups is 1.